The third-order valence-corrected chi connectivity index (χ3v) is 5.35. The molecule has 0 spiro atoms. The number of carbonyl (C=O) groups is 1. The van der Waals surface area contributed by atoms with Gasteiger partial charge < -0.3 is 9.64 Å². The quantitative estimate of drug-likeness (QED) is 0.942. The molecule has 5 rings (SSSR count). The van der Waals surface area contributed by atoms with Gasteiger partial charge in [-0.15, -0.1) is 0 Å². The second-order valence-corrected chi connectivity index (χ2v) is 6.60. The van der Waals surface area contributed by atoms with Crippen LogP contribution in [0.2, 0.25) is 0 Å². The van der Waals surface area contributed by atoms with Crippen molar-refractivity contribution in [1.82, 2.24) is 20.0 Å². The number of rotatable bonds is 3. The molecule has 1 atom stereocenters. The Hall–Kier alpha value is -2.08. The molecule has 1 amide bonds. The van der Waals surface area contributed by atoms with Crippen LogP contribution in [0.25, 0.3) is 10.9 Å². The van der Waals surface area contributed by atoms with Gasteiger partial charge in [0, 0.05) is 31.6 Å². The van der Waals surface area contributed by atoms with Crippen LogP contribution in [-0.4, -0.2) is 59.3 Å². The van der Waals surface area contributed by atoms with E-state index in [0.717, 1.165) is 42.1 Å². The van der Waals surface area contributed by atoms with Gasteiger partial charge in [0.25, 0.3) is 5.91 Å². The minimum absolute atomic E-state index is 0.0148. The molecule has 1 N–H and O–H groups in total. The average molecular weight is 314 g/mol. The normalized spacial score (nSPS) is 26.4. The molecule has 0 saturated carbocycles. The summed E-state index contributed by atoms with van der Waals surface area (Å²) in [4.78, 5) is 17.2. The highest BCUT2D eigenvalue weighted by molar-refractivity contribution is 6.04. The number of H-pyrrole nitrogens is 1. The van der Waals surface area contributed by atoms with E-state index in [2.05, 4.69) is 15.1 Å². The second kappa shape index (κ2) is 5.53. The van der Waals surface area contributed by atoms with Crippen molar-refractivity contribution in [2.45, 2.75) is 25.4 Å². The molecular formula is C17H22N4O2. The SMILES string of the molecule is COc1ccc2c(C(=O)N(C)[C@H]3CC4CCN3CC4)n[nH]c2c1. The first kappa shape index (κ1) is 14.5. The van der Waals surface area contributed by atoms with Crippen LogP contribution in [0.15, 0.2) is 18.2 Å². The van der Waals surface area contributed by atoms with Crippen molar-refractivity contribution in [2.75, 3.05) is 27.2 Å². The van der Waals surface area contributed by atoms with E-state index in [1.165, 1.54) is 12.8 Å². The number of hydrogen-bond acceptors (Lipinski definition) is 4. The Morgan fingerprint density at radius 2 is 2.17 bits per heavy atom. The first-order chi connectivity index (χ1) is 11.2. The lowest BCUT2D eigenvalue weighted by atomic mass is 9.86. The number of nitrogens with zero attached hydrogens (tertiary/aromatic N) is 3. The van der Waals surface area contributed by atoms with Gasteiger partial charge in [-0.1, -0.05) is 0 Å². The number of hydrogen-bond donors (Lipinski definition) is 1. The van der Waals surface area contributed by atoms with E-state index < -0.39 is 0 Å². The number of ether oxygens (including phenoxy) is 1. The topological polar surface area (TPSA) is 61.5 Å². The molecule has 1 aromatic heterocycles. The number of benzene rings is 1. The van der Waals surface area contributed by atoms with Gasteiger partial charge in [-0.25, -0.2) is 0 Å². The van der Waals surface area contributed by atoms with Crippen molar-refractivity contribution in [3.63, 3.8) is 0 Å². The van der Waals surface area contributed by atoms with Crippen LogP contribution in [0.5, 0.6) is 5.75 Å². The van der Waals surface area contributed by atoms with Gasteiger partial charge in [-0.3, -0.25) is 14.8 Å². The van der Waals surface area contributed by atoms with Gasteiger partial charge >= 0.3 is 0 Å². The number of methoxy groups -OCH3 is 1. The van der Waals surface area contributed by atoms with E-state index in [1.54, 1.807) is 7.11 Å². The molecule has 0 aliphatic carbocycles. The van der Waals surface area contributed by atoms with E-state index in [4.69, 9.17) is 4.74 Å². The smallest absolute Gasteiger partial charge is 0.275 e. The molecule has 3 aliphatic rings. The Morgan fingerprint density at radius 3 is 2.83 bits per heavy atom. The van der Waals surface area contributed by atoms with Crippen LogP contribution in [0.4, 0.5) is 0 Å². The maximum absolute atomic E-state index is 12.9. The number of fused-ring (bicyclic) bond motifs is 4. The molecule has 4 heterocycles. The van der Waals surface area contributed by atoms with Gasteiger partial charge in [-0.05, 0) is 37.3 Å². The number of carbonyl (C=O) groups excluding carboxylic acids is 1. The molecule has 1 aromatic carbocycles. The third kappa shape index (κ3) is 2.37. The molecule has 3 fully saturated rings. The Bertz CT molecular complexity index is 733. The minimum Gasteiger partial charge on any atom is -0.497 e. The molecule has 122 valence electrons. The lowest BCUT2D eigenvalue weighted by Gasteiger charge is -2.48. The minimum atomic E-state index is -0.0148. The second-order valence-electron chi connectivity index (χ2n) is 6.60. The maximum atomic E-state index is 12.9. The molecule has 23 heavy (non-hydrogen) atoms. The van der Waals surface area contributed by atoms with Gasteiger partial charge in [0.2, 0.25) is 0 Å². The number of aromatic nitrogens is 2. The molecule has 2 bridgehead atoms. The summed E-state index contributed by atoms with van der Waals surface area (Å²) in [5, 5.41) is 8.05. The Morgan fingerprint density at radius 1 is 1.39 bits per heavy atom. The predicted molar refractivity (Wildman–Crippen MR) is 87.4 cm³/mol. The third-order valence-electron chi connectivity index (χ3n) is 5.35. The maximum Gasteiger partial charge on any atom is 0.275 e. The molecule has 3 aliphatic heterocycles. The standard InChI is InChI=1S/C17H22N4O2/c1-20(15-9-11-5-7-21(15)8-6-11)17(22)16-13-4-3-12(23-2)10-14(13)18-19-16/h3-4,10-11,15H,5-9H2,1-2H3,(H,18,19)/t15-/m1/s1. The van der Waals surface area contributed by atoms with Crippen molar-refractivity contribution in [3.05, 3.63) is 23.9 Å². The molecule has 3 saturated heterocycles. The number of amides is 1. The highest BCUT2D eigenvalue weighted by atomic mass is 16.5. The lowest BCUT2D eigenvalue weighted by Crippen LogP contribution is -2.57. The van der Waals surface area contributed by atoms with Crippen LogP contribution < -0.4 is 4.74 Å². The molecule has 0 radical (unpaired) electrons. The highest BCUT2D eigenvalue weighted by Crippen LogP contribution is 2.33. The van der Waals surface area contributed by atoms with Crippen LogP contribution in [-0.2, 0) is 0 Å². The summed E-state index contributed by atoms with van der Waals surface area (Å²) in [6, 6.07) is 5.62. The van der Waals surface area contributed by atoms with Gasteiger partial charge in [-0.2, -0.15) is 5.10 Å². The van der Waals surface area contributed by atoms with E-state index in [0.29, 0.717) is 5.69 Å². The van der Waals surface area contributed by atoms with Crippen LogP contribution in [0.3, 0.4) is 0 Å². The molecule has 2 aromatic rings. The van der Waals surface area contributed by atoms with Gasteiger partial charge in [0.1, 0.15) is 5.75 Å². The van der Waals surface area contributed by atoms with E-state index >= 15 is 0 Å². The first-order valence-electron chi connectivity index (χ1n) is 8.20. The Labute approximate surface area is 135 Å². The fraction of sp³-hybridized carbons (Fsp3) is 0.529. The van der Waals surface area contributed by atoms with Crippen molar-refractivity contribution in [3.8, 4) is 5.75 Å². The number of nitrogens with one attached hydrogen (secondary N) is 1. The van der Waals surface area contributed by atoms with Gasteiger partial charge in [0.05, 0.1) is 18.8 Å². The fourth-order valence-electron chi connectivity index (χ4n) is 3.93. The Kier molecular flexibility index (Phi) is 3.49. The van der Waals surface area contributed by atoms with Crippen LogP contribution in [0, 0.1) is 5.92 Å². The summed E-state index contributed by atoms with van der Waals surface area (Å²) in [6.45, 7) is 2.21. The predicted octanol–water partition coefficient (Wildman–Crippen LogP) is 2.09. The molecule has 6 heteroatoms. The summed E-state index contributed by atoms with van der Waals surface area (Å²) in [6.07, 6.45) is 3.83. The molecular weight excluding hydrogens is 292 g/mol. The fourth-order valence-corrected chi connectivity index (χ4v) is 3.93. The zero-order chi connectivity index (χ0) is 16.0. The largest absolute Gasteiger partial charge is 0.497 e. The first-order valence-corrected chi connectivity index (χ1v) is 8.20. The molecule has 0 unspecified atom stereocenters. The summed E-state index contributed by atoms with van der Waals surface area (Å²) >= 11 is 0. The average Bonchev–Trinajstić information content (AvgIpc) is 3.04. The van der Waals surface area contributed by atoms with Crippen LogP contribution >= 0.6 is 0 Å². The zero-order valence-electron chi connectivity index (χ0n) is 13.6. The molecule has 6 nitrogen and oxygen atoms in total. The summed E-state index contributed by atoms with van der Waals surface area (Å²) < 4.78 is 5.22. The van der Waals surface area contributed by atoms with Gasteiger partial charge in [0.15, 0.2) is 5.69 Å². The Balaban J connectivity index is 1.61. The highest BCUT2D eigenvalue weighted by Gasteiger charge is 2.38. The van der Waals surface area contributed by atoms with E-state index in [9.17, 15) is 4.79 Å². The lowest BCUT2D eigenvalue weighted by molar-refractivity contribution is -0.0240. The number of piperidine rings is 3. The summed E-state index contributed by atoms with van der Waals surface area (Å²) in [7, 11) is 3.53. The summed E-state index contributed by atoms with van der Waals surface area (Å²) in [5.74, 6) is 1.50. The van der Waals surface area contributed by atoms with Crippen LogP contribution in [0.1, 0.15) is 29.8 Å². The van der Waals surface area contributed by atoms with Crippen molar-refractivity contribution < 1.29 is 9.53 Å². The van der Waals surface area contributed by atoms with E-state index in [1.807, 2.05) is 30.1 Å². The monoisotopic (exact) mass is 314 g/mol. The van der Waals surface area contributed by atoms with Crippen molar-refractivity contribution >= 4 is 16.8 Å². The van der Waals surface area contributed by atoms with E-state index in [-0.39, 0.29) is 12.1 Å². The number of aromatic amines is 1. The zero-order valence-corrected chi connectivity index (χ0v) is 13.6. The van der Waals surface area contributed by atoms with Crippen molar-refractivity contribution in [1.29, 1.82) is 0 Å². The summed E-state index contributed by atoms with van der Waals surface area (Å²) in [5.41, 5.74) is 1.32. The van der Waals surface area contributed by atoms with Crippen molar-refractivity contribution in [2.24, 2.45) is 5.92 Å².